The predicted molar refractivity (Wildman–Crippen MR) is 101 cm³/mol. The summed E-state index contributed by atoms with van der Waals surface area (Å²) in [4.78, 5) is 29.0. The summed E-state index contributed by atoms with van der Waals surface area (Å²) in [5.74, 6) is 0.175. The first-order valence-electron chi connectivity index (χ1n) is 8.96. The highest BCUT2D eigenvalue weighted by Crippen LogP contribution is 2.18. The molecule has 0 radical (unpaired) electrons. The van der Waals surface area contributed by atoms with Gasteiger partial charge in [-0.1, -0.05) is 29.8 Å². The lowest BCUT2D eigenvalue weighted by molar-refractivity contribution is -0.130. The van der Waals surface area contributed by atoms with Gasteiger partial charge in [0.05, 0.1) is 0 Å². The van der Waals surface area contributed by atoms with Gasteiger partial charge in [0.2, 0.25) is 5.91 Å². The van der Waals surface area contributed by atoms with Crippen LogP contribution in [0.3, 0.4) is 0 Å². The Hall–Kier alpha value is -1.43. The topological polar surface area (TPSA) is 52.7 Å². The summed E-state index contributed by atoms with van der Waals surface area (Å²) in [5.41, 5.74) is 1.84. The number of nitrogens with zero attached hydrogens (tertiary/aromatic N) is 2. The Balaban J connectivity index is 0.00000225. The highest BCUT2D eigenvalue weighted by Gasteiger charge is 2.30. The highest BCUT2D eigenvalue weighted by molar-refractivity contribution is 5.98. The number of likely N-dealkylation sites (tertiary alicyclic amines) is 1. The summed E-state index contributed by atoms with van der Waals surface area (Å²) in [7, 11) is 0. The van der Waals surface area contributed by atoms with Gasteiger partial charge in [0, 0.05) is 63.7 Å². The zero-order chi connectivity index (χ0) is 16.9. The van der Waals surface area contributed by atoms with Gasteiger partial charge in [-0.15, -0.1) is 12.4 Å². The SMILES string of the molecule is Cc1ccc(C(=O)CCC(=O)N2CCC(N3CCNCC3)C2)cc1.Cl. The Morgan fingerprint density at radius 2 is 1.76 bits per heavy atom. The molecule has 1 aromatic rings. The number of carbonyl (C=O) groups excluding carboxylic acids is 2. The van der Waals surface area contributed by atoms with Gasteiger partial charge in [0.25, 0.3) is 0 Å². The molecule has 0 spiro atoms. The van der Waals surface area contributed by atoms with E-state index in [0.717, 1.165) is 51.3 Å². The Kier molecular flexibility index (Phi) is 7.41. The highest BCUT2D eigenvalue weighted by atomic mass is 35.5. The van der Waals surface area contributed by atoms with E-state index in [2.05, 4.69) is 10.2 Å². The first kappa shape index (κ1) is 19.9. The summed E-state index contributed by atoms with van der Waals surface area (Å²) in [5, 5.41) is 3.36. The van der Waals surface area contributed by atoms with Crippen molar-refractivity contribution in [3.63, 3.8) is 0 Å². The molecule has 1 atom stereocenters. The minimum atomic E-state index is 0. The molecule has 2 heterocycles. The number of hydrogen-bond donors (Lipinski definition) is 1. The van der Waals surface area contributed by atoms with Gasteiger partial charge in [0.15, 0.2) is 5.78 Å². The molecule has 1 unspecified atom stereocenters. The fourth-order valence-electron chi connectivity index (χ4n) is 3.58. The van der Waals surface area contributed by atoms with Crippen LogP contribution in [0.4, 0.5) is 0 Å². The average Bonchev–Trinajstić information content (AvgIpc) is 3.11. The smallest absolute Gasteiger partial charge is 0.223 e. The first-order valence-corrected chi connectivity index (χ1v) is 8.96. The molecule has 0 saturated carbocycles. The maximum absolute atomic E-state index is 12.4. The van der Waals surface area contributed by atoms with E-state index in [1.807, 2.05) is 36.1 Å². The maximum atomic E-state index is 12.4. The van der Waals surface area contributed by atoms with Crippen LogP contribution in [0.5, 0.6) is 0 Å². The molecule has 2 aliphatic rings. The van der Waals surface area contributed by atoms with E-state index in [4.69, 9.17) is 0 Å². The maximum Gasteiger partial charge on any atom is 0.223 e. The van der Waals surface area contributed by atoms with Crippen molar-refractivity contribution in [2.75, 3.05) is 39.3 Å². The number of amides is 1. The molecule has 2 fully saturated rings. The van der Waals surface area contributed by atoms with Gasteiger partial charge < -0.3 is 10.2 Å². The van der Waals surface area contributed by atoms with Crippen LogP contribution < -0.4 is 5.32 Å². The van der Waals surface area contributed by atoms with Gasteiger partial charge in [-0.25, -0.2) is 0 Å². The molecule has 1 aromatic carbocycles. The zero-order valence-electron chi connectivity index (χ0n) is 14.9. The fourth-order valence-corrected chi connectivity index (χ4v) is 3.58. The molecule has 5 nitrogen and oxygen atoms in total. The van der Waals surface area contributed by atoms with Crippen molar-refractivity contribution < 1.29 is 9.59 Å². The number of benzene rings is 1. The van der Waals surface area contributed by atoms with Gasteiger partial charge in [-0.3, -0.25) is 14.5 Å². The van der Waals surface area contributed by atoms with Crippen molar-refractivity contribution >= 4 is 24.1 Å². The van der Waals surface area contributed by atoms with Gasteiger partial charge >= 0.3 is 0 Å². The van der Waals surface area contributed by atoms with Crippen molar-refractivity contribution in [1.82, 2.24) is 15.1 Å². The van der Waals surface area contributed by atoms with Crippen molar-refractivity contribution in [2.24, 2.45) is 0 Å². The Morgan fingerprint density at radius 3 is 2.44 bits per heavy atom. The van der Waals surface area contributed by atoms with Crippen LogP contribution in [0.15, 0.2) is 24.3 Å². The number of aryl methyl sites for hydroxylation is 1. The first-order chi connectivity index (χ1) is 11.6. The molecule has 0 bridgehead atoms. The van der Waals surface area contributed by atoms with Crippen LogP contribution in [0, 0.1) is 6.92 Å². The van der Waals surface area contributed by atoms with E-state index >= 15 is 0 Å². The second-order valence-corrected chi connectivity index (χ2v) is 6.86. The third-order valence-corrected chi connectivity index (χ3v) is 5.12. The Bertz CT molecular complexity index is 585. The molecule has 0 aliphatic carbocycles. The van der Waals surface area contributed by atoms with Crippen molar-refractivity contribution in [3.05, 3.63) is 35.4 Å². The van der Waals surface area contributed by atoms with E-state index in [0.29, 0.717) is 24.4 Å². The molecule has 2 aliphatic heterocycles. The van der Waals surface area contributed by atoms with E-state index in [-0.39, 0.29) is 24.1 Å². The monoisotopic (exact) mass is 365 g/mol. The van der Waals surface area contributed by atoms with Crippen LogP contribution in [-0.2, 0) is 4.79 Å². The summed E-state index contributed by atoms with van der Waals surface area (Å²) >= 11 is 0. The van der Waals surface area contributed by atoms with Crippen molar-refractivity contribution in [1.29, 1.82) is 0 Å². The summed E-state index contributed by atoms with van der Waals surface area (Å²) in [6.45, 7) is 7.85. The normalized spacial score (nSPS) is 21.0. The molecule has 138 valence electrons. The second kappa shape index (κ2) is 9.32. The molecule has 2 saturated heterocycles. The Morgan fingerprint density at radius 1 is 1.08 bits per heavy atom. The molecule has 6 heteroatoms. The fraction of sp³-hybridized carbons (Fsp3) is 0.579. The predicted octanol–water partition coefficient (Wildman–Crippen LogP) is 1.89. The zero-order valence-corrected chi connectivity index (χ0v) is 15.7. The number of carbonyl (C=O) groups is 2. The number of nitrogens with one attached hydrogen (secondary N) is 1. The standard InChI is InChI=1S/C19H27N3O2.ClH/c1-15-2-4-16(5-3-15)18(23)6-7-19(24)22-11-8-17(14-22)21-12-9-20-10-13-21;/h2-5,17,20H,6-14H2,1H3;1H. The van der Waals surface area contributed by atoms with Gasteiger partial charge in [-0.05, 0) is 13.3 Å². The number of rotatable bonds is 5. The summed E-state index contributed by atoms with van der Waals surface area (Å²) in [6.07, 6.45) is 1.68. The number of piperazine rings is 1. The third kappa shape index (κ3) is 5.27. The van der Waals surface area contributed by atoms with E-state index < -0.39 is 0 Å². The summed E-state index contributed by atoms with van der Waals surface area (Å²) in [6, 6.07) is 8.06. The van der Waals surface area contributed by atoms with Crippen molar-refractivity contribution in [3.8, 4) is 0 Å². The average molecular weight is 366 g/mol. The van der Waals surface area contributed by atoms with Crippen LogP contribution in [0.2, 0.25) is 0 Å². The van der Waals surface area contributed by atoms with Gasteiger partial charge in [0.1, 0.15) is 0 Å². The van der Waals surface area contributed by atoms with Crippen LogP contribution in [-0.4, -0.2) is 66.8 Å². The molecule has 3 rings (SSSR count). The summed E-state index contributed by atoms with van der Waals surface area (Å²) < 4.78 is 0. The lowest BCUT2D eigenvalue weighted by atomic mass is 10.0. The second-order valence-electron chi connectivity index (χ2n) is 6.86. The lowest BCUT2D eigenvalue weighted by Gasteiger charge is -2.32. The molecule has 0 aromatic heterocycles. The van der Waals surface area contributed by atoms with E-state index in [1.165, 1.54) is 0 Å². The third-order valence-electron chi connectivity index (χ3n) is 5.12. The molecule has 25 heavy (non-hydrogen) atoms. The van der Waals surface area contributed by atoms with Crippen molar-refractivity contribution in [2.45, 2.75) is 32.2 Å². The molecular formula is C19H28ClN3O2. The van der Waals surface area contributed by atoms with E-state index in [9.17, 15) is 9.59 Å². The van der Waals surface area contributed by atoms with Gasteiger partial charge in [-0.2, -0.15) is 0 Å². The minimum Gasteiger partial charge on any atom is -0.341 e. The minimum absolute atomic E-state index is 0. The molecular weight excluding hydrogens is 338 g/mol. The Labute approximate surface area is 156 Å². The lowest BCUT2D eigenvalue weighted by Crippen LogP contribution is -2.49. The quantitative estimate of drug-likeness (QED) is 0.809. The van der Waals surface area contributed by atoms with E-state index in [1.54, 1.807) is 0 Å². The number of ketones is 1. The number of Topliss-reactive ketones (excluding diaryl/α,β-unsaturated/α-hetero) is 1. The van der Waals surface area contributed by atoms with Crippen LogP contribution >= 0.6 is 12.4 Å². The largest absolute Gasteiger partial charge is 0.341 e. The van der Waals surface area contributed by atoms with Crippen LogP contribution in [0.1, 0.15) is 35.2 Å². The number of halogens is 1. The van der Waals surface area contributed by atoms with Crippen LogP contribution in [0.25, 0.3) is 0 Å². The molecule has 1 N–H and O–H groups in total. The number of hydrogen-bond acceptors (Lipinski definition) is 4. The molecule has 1 amide bonds.